The fraction of sp³-hybridized carbons (Fsp3) is 0.100. The first-order valence-corrected chi connectivity index (χ1v) is 9.66. The minimum atomic E-state index is -6.00. The minimum absolute atomic E-state index is 0.210. The molecule has 0 N–H and O–H groups in total. The molecular formula is C20H19BF4S. The summed E-state index contributed by atoms with van der Waals surface area (Å²) in [6, 6.07) is 32.5. The average molecular weight is 378 g/mol. The lowest BCUT2D eigenvalue weighted by molar-refractivity contribution is 0.368. The van der Waals surface area contributed by atoms with Gasteiger partial charge in [-0.3, -0.25) is 0 Å². The first-order chi connectivity index (χ1) is 12.4. The SMILES string of the molecule is F[B-](F)(F)F.c1ccc(C[S+](Cc2ccccc2)c2ccccc2)cc1. The van der Waals surface area contributed by atoms with E-state index in [-0.39, 0.29) is 10.9 Å². The quantitative estimate of drug-likeness (QED) is 0.275. The van der Waals surface area contributed by atoms with Gasteiger partial charge in [-0.15, -0.1) is 0 Å². The maximum Gasteiger partial charge on any atom is 0.673 e. The first-order valence-electron chi connectivity index (χ1n) is 8.09. The van der Waals surface area contributed by atoms with Gasteiger partial charge in [0.2, 0.25) is 0 Å². The summed E-state index contributed by atoms with van der Waals surface area (Å²) in [5.74, 6) is 2.22. The van der Waals surface area contributed by atoms with Gasteiger partial charge in [-0.05, 0) is 12.1 Å². The van der Waals surface area contributed by atoms with E-state index in [2.05, 4.69) is 91.0 Å². The molecular weight excluding hydrogens is 359 g/mol. The van der Waals surface area contributed by atoms with Gasteiger partial charge in [0, 0.05) is 22.0 Å². The monoisotopic (exact) mass is 378 g/mol. The number of hydrogen-bond donors (Lipinski definition) is 0. The lowest BCUT2D eigenvalue weighted by atomic mass is 10.2. The zero-order valence-electron chi connectivity index (χ0n) is 14.1. The van der Waals surface area contributed by atoms with Crippen LogP contribution in [0.25, 0.3) is 0 Å². The second-order valence-corrected chi connectivity index (χ2v) is 7.59. The van der Waals surface area contributed by atoms with Crippen LogP contribution in [0, 0.1) is 0 Å². The highest BCUT2D eigenvalue weighted by Crippen LogP contribution is 2.23. The molecule has 0 aromatic heterocycles. The molecule has 0 spiro atoms. The van der Waals surface area contributed by atoms with Gasteiger partial charge in [-0.2, -0.15) is 0 Å². The van der Waals surface area contributed by atoms with Crippen molar-refractivity contribution in [2.75, 3.05) is 0 Å². The van der Waals surface area contributed by atoms with E-state index in [1.807, 2.05) is 0 Å². The molecule has 0 aliphatic carbocycles. The van der Waals surface area contributed by atoms with Gasteiger partial charge in [-0.1, -0.05) is 78.9 Å². The van der Waals surface area contributed by atoms with Crippen LogP contribution >= 0.6 is 0 Å². The van der Waals surface area contributed by atoms with Gasteiger partial charge in [-0.25, -0.2) is 0 Å². The molecule has 0 saturated carbocycles. The van der Waals surface area contributed by atoms with Gasteiger partial charge in [0.15, 0.2) is 4.90 Å². The van der Waals surface area contributed by atoms with Crippen molar-refractivity contribution in [3.05, 3.63) is 102 Å². The van der Waals surface area contributed by atoms with Crippen LogP contribution in [0.1, 0.15) is 11.1 Å². The van der Waals surface area contributed by atoms with E-state index in [4.69, 9.17) is 0 Å². The predicted octanol–water partition coefficient (Wildman–Crippen LogP) is 6.36. The second-order valence-electron chi connectivity index (χ2n) is 5.56. The van der Waals surface area contributed by atoms with Crippen molar-refractivity contribution in [2.45, 2.75) is 16.4 Å². The molecule has 136 valence electrons. The molecule has 3 aromatic carbocycles. The van der Waals surface area contributed by atoms with Gasteiger partial charge >= 0.3 is 7.25 Å². The van der Waals surface area contributed by atoms with E-state index in [1.165, 1.54) is 16.0 Å². The summed E-state index contributed by atoms with van der Waals surface area (Å²) in [6.45, 7) is 0. The van der Waals surface area contributed by atoms with E-state index in [0.29, 0.717) is 0 Å². The largest absolute Gasteiger partial charge is 0.673 e. The Hall–Kier alpha value is -2.21. The molecule has 0 radical (unpaired) electrons. The van der Waals surface area contributed by atoms with E-state index in [0.717, 1.165) is 11.5 Å². The van der Waals surface area contributed by atoms with Crippen LogP contribution < -0.4 is 0 Å². The highest BCUT2D eigenvalue weighted by atomic mass is 32.2. The third-order valence-electron chi connectivity index (χ3n) is 3.44. The van der Waals surface area contributed by atoms with Crippen molar-refractivity contribution in [3.63, 3.8) is 0 Å². The normalized spacial score (nSPS) is 11.0. The standard InChI is InChI=1S/C20H19S.BF4/c1-4-10-18(11-5-1)16-21(20-14-8-3-9-15-20)17-19-12-6-2-7-13-19;2-1(3,4)5/h1-15H,16-17H2;/q+1;-1. The Morgan fingerprint density at radius 3 is 1.19 bits per heavy atom. The number of rotatable bonds is 5. The first kappa shape index (κ1) is 20.1. The molecule has 0 saturated heterocycles. The Kier molecular flexibility index (Phi) is 7.79. The van der Waals surface area contributed by atoms with Gasteiger partial charge in [0.05, 0.1) is 0 Å². The Bertz CT molecular complexity index is 702. The van der Waals surface area contributed by atoms with E-state index >= 15 is 0 Å². The lowest BCUT2D eigenvalue weighted by Gasteiger charge is -2.09. The third kappa shape index (κ3) is 8.25. The molecule has 0 aliphatic rings. The Morgan fingerprint density at radius 2 is 0.846 bits per heavy atom. The molecule has 0 heterocycles. The van der Waals surface area contributed by atoms with Crippen molar-refractivity contribution in [3.8, 4) is 0 Å². The molecule has 3 rings (SSSR count). The summed E-state index contributed by atoms with van der Waals surface area (Å²) in [5.41, 5.74) is 2.83. The molecule has 0 nitrogen and oxygen atoms in total. The summed E-state index contributed by atoms with van der Waals surface area (Å²) in [5, 5.41) is 0. The van der Waals surface area contributed by atoms with Gasteiger partial charge in [0.25, 0.3) is 0 Å². The second kappa shape index (κ2) is 10.1. The van der Waals surface area contributed by atoms with Crippen LogP contribution in [0.5, 0.6) is 0 Å². The topological polar surface area (TPSA) is 0 Å². The highest BCUT2D eigenvalue weighted by molar-refractivity contribution is 7.95. The van der Waals surface area contributed by atoms with Crippen molar-refractivity contribution in [2.24, 2.45) is 0 Å². The fourth-order valence-electron chi connectivity index (χ4n) is 2.38. The maximum absolute atomic E-state index is 9.75. The van der Waals surface area contributed by atoms with E-state index in [1.54, 1.807) is 0 Å². The van der Waals surface area contributed by atoms with Crippen LogP contribution in [0.15, 0.2) is 95.9 Å². The molecule has 6 heteroatoms. The van der Waals surface area contributed by atoms with Gasteiger partial charge in [0.1, 0.15) is 11.5 Å². The summed E-state index contributed by atoms with van der Waals surface area (Å²) in [6.07, 6.45) is 0. The van der Waals surface area contributed by atoms with Gasteiger partial charge < -0.3 is 17.3 Å². The minimum Gasteiger partial charge on any atom is -0.418 e. The summed E-state index contributed by atoms with van der Waals surface area (Å²) in [7, 11) is -5.79. The summed E-state index contributed by atoms with van der Waals surface area (Å²) in [4.78, 5) is 1.45. The smallest absolute Gasteiger partial charge is 0.418 e. The summed E-state index contributed by atoms with van der Waals surface area (Å²) < 4.78 is 39.0. The van der Waals surface area contributed by atoms with E-state index in [9.17, 15) is 17.3 Å². The van der Waals surface area contributed by atoms with Crippen LogP contribution in [0.2, 0.25) is 0 Å². The predicted molar refractivity (Wildman–Crippen MR) is 103 cm³/mol. The zero-order chi connectivity index (χ0) is 18.8. The van der Waals surface area contributed by atoms with E-state index < -0.39 is 7.25 Å². The van der Waals surface area contributed by atoms with Crippen LogP contribution in [0.3, 0.4) is 0 Å². The number of hydrogen-bond acceptors (Lipinski definition) is 0. The van der Waals surface area contributed by atoms with Crippen molar-refractivity contribution in [1.29, 1.82) is 0 Å². The molecule has 0 unspecified atom stereocenters. The Balaban J connectivity index is 0.000000431. The van der Waals surface area contributed by atoms with Crippen molar-refractivity contribution < 1.29 is 17.3 Å². The van der Waals surface area contributed by atoms with Crippen LogP contribution in [0.4, 0.5) is 17.3 Å². The van der Waals surface area contributed by atoms with Crippen molar-refractivity contribution in [1.82, 2.24) is 0 Å². The number of benzene rings is 3. The third-order valence-corrected chi connectivity index (χ3v) is 5.75. The highest BCUT2D eigenvalue weighted by Gasteiger charge is 2.22. The van der Waals surface area contributed by atoms with Crippen LogP contribution in [-0.2, 0) is 22.4 Å². The average Bonchev–Trinajstić information content (AvgIpc) is 2.62. The molecule has 0 amide bonds. The maximum atomic E-state index is 9.75. The Labute approximate surface area is 154 Å². The molecule has 0 bridgehead atoms. The number of halogens is 4. The molecule has 0 atom stereocenters. The molecule has 26 heavy (non-hydrogen) atoms. The lowest BCUT2D eigenvalue weighted by Crippen LogP contribution is -2.09. The molecule has 0 fully saturated rings. The van der Waals surface area contributed by atoms with Crippen LogP contribution in [-0.4, -0.2) is 7.25 Å². The molecule has 3 aromatic rings. The molecule has 0 aliphatic heterocycles. The fourth-order valence-corrected chi connectivity index (χ4v) is 4.55. The summed E-state index contributed by atoms with van der Waals surface area (Å²) >= 11 is 0. The Morgan fingerprint density at radius 1 is 0.538 bits per heavy atom. The zero-order valence-corrected chi connectivity index (χ0v) is 14.9. The van der Waals surface area contributed by atoms with Crippen molar-refractivity contribution >= 4 is 18.1 Å².